The van der Waals surface area contributed by atoms with Gasteiger partial charge in [-0.05, 0) is 37.1 Å². The van der Waals surface area contributed by atoms with Gasteiger partial charge in [0.05, 0.1) is 6.04 Å². The first-order chi connectivity index (χ1) is 9.13. The first kappa shape index (κ1) is 12.0. The molecule has 0 saturated heterocycles. The number of fused-ring (bicyclic) bond motifs is 1. The topological polar surface area (TPSA) is 39.2 Å². The highest BCUT2D eigenvalue weighted by molar-refractivity contribution is 5.78. The molecular formula is C17H17NO. The fourth-order valence-corrected chi connectivity index (χ4v) is 2.25. The lowest BCUT2D eigenvalue weighted by molar-refractivity contribution is 0.525. The van der Waals surface area contributed by atoms with Crippen molar-refractivity contribution in [2.24, 2.45) is 5.73 Å². The van der Waals surface area contributed by atoms with Crippen molar-refractivity contribution in [2.75, 3.05) is 0 Å². The van der Waals surface area contributed by atoms with Crippen LogP contribution in [0.25, 0.3) is 11.0 Å². The van der Waals surface area contributed by atoms with E-state index in [1.807, 2.05) is 12.1 Å². The molecule has 1 aromatic heterocycles. The van der Waals surface area contributed by atoms with E-state index in [0.717, 1.165) is 22.3 Å². The van der Waals surface area contributed by atoms with E-state index < -0.39 is 0 Å². The first-order valence-corrected chi connectivity index (χ1v) is 6.46. The van der Waals surface area contributed by atoms with Gasteiger partial charge >= 0.3 is 0 Å². The van der Waals surface area contributed by atoms with Gasteiger partial charge in [0.15, 0.2) is 0 Å². The fourth-order valence-electron chi connectivity index (χ4n) is 2.25. The minimum atomic E-state index is -0.215. The summed E-state index contributed by atoms with van der Waals surface area (Å²) >= 11 is 0. The lowest BCUT2D eigenvalue weighted by Gasteiger charge is -2.09. The Balaban J connectivity index is 2.01. The first-order valence-electron chi connectivity index (χ1n) is 6.46. The van der Waals surface area contributed by atoms with Crippen LogP contribution in [0.3, 0.4) is 0 Å². The van der Waals surface area contributed by atoms with Crippen LogP contribution in [-0.4, -0.2) is 0 Å². The molecule has 0 amide bonds. The molecule has 96 valence electrons. The lowest BCUT2D eigenvalue weighted by atomic mass is 10.0. The zero-order chi connectivity index (χ0) is 13.4. The number of furan rings is 1. The Labute approximate surface area is 112 Å². The number of aryl methyl sites for hydroxylation is 2. The van der Waals surface area contributed by atoms with Crippen LogP contribution in [0.5, 0.6) is 0 Å². The van der Waals surface area contributed by atoms with Gasteiger partial charge in [0.25, 0.3) is 0 Å². The number of hydrogen-bond acceptors (Lipinski definition) is 2. The maximum absolute atomic E-state index is 6.27. The molecule has 0 spiro atoms. The van der Waals surface area contributed by atoms with Gasteiger partial charge in [-0.3, -0.25) is 0 Å². The van der Waals surface area contributed by atoms with Crippen LogP contribution in [-0.2, 0) is 0 Å². The molecule has 0 bridgehead atoms. The van der Waals surface area contributed by atoms with E-state index in [9.17, 15) is 0 Å². The molecule has 0 aliphatic carbocycles. The highest BCUT2D eigenvalue weighted by Gasteiger charge is 2.14. The second-order valence-corrected chi connectivity index (χ2v) is 5.08. The molecule has 2 aromatic carbocycles. The van der Waals surface area contributed by atoms with E-state index in [1.54, 1.807) is 0 Å². The van der Waals surface area contributed by atoms with Gasteiger partial charge in [-0.25, -0.2) is 0 Å². The van der Waals surface area contributed by atoms with Crippen molar-refractivity contribution in [3.63, 3.8) is 0 Å². The molecule has 0 fully saturated rings. The number of rotatable bonds is 2. The molecule has 2 N–H and O–H groups in total. The van der Waals surface area contributed by atoms with E-state index in [4.69, 9.17) is 10.2 Å². The average Bonchev–Trinajstić information content (AvgIpc) is 2.81. The predicted molar refractivity (Wildman–Crippen MR) is 78.2 cm³/mol. The summed E-state index contributed by atoms with van der Waals surface area (Å²) in [5.41, 5.74) is 10.7. The molecule has 19 heavy (non-hydrogen) atoms. The van der Waals surface area contributed by atoms with Crippen LogP contribution in [0.2, 0.25) is 0 Å². The minimum Gasteiger partial charge on any atom is -0.459 e. The highest BCUT2D eigenvalue weighted by Crippen LogP contribution is 2.27. The van der Waals surface area contributed by atoms with E-state index in [0.29, 0.717) is 0 Å². The normalized spacial score (nSPS) is 12.8. The summed E-state index contributed by atoms with van der Waals surface area (Å²) in [6, 6.07) is 16.3. The van der Waals surface area contributed by atoms with Crippen molar-refractivity contribution in [2.45, 2.75) is 19.9 Å². The number of nitrogens with two attached hydrogens (primary N) is 1. The number of benzene rings is 2. The van der Waals surface area contributed by atoms with Gasteiger partial charge < -0.3 is 10.2 Å². The Hall–Kier alpha value is -2.06. The molecule has 0 aliphatic rings. The van der Waals surface area contributed by atoms with Crippen molar-refractivity contribution in [1.82, 2.24) is 0 Å². The quantitative estimate of drug-likeness (QED) is 0.744. The zero-order valence-electron chi connectivity index (χ0n) is 11.2. The third kappa shape index (κ3) is 2.27. The van der Waals surface area contributed by atoms with Crippen molar-refractivity contribution in [3.8, 4) is 0 Å². The van der Waals surface area contributed by atoms with Gasteiger partial charge in [0.2, 0.25) is 0 Å². The smallest absolute Gasteiger partial charge is 0.134 e. The molecule has 2 heteroatoms. The molecule has 2 nitrogen and oxygen atoms in total. The van der Waals surface area contributed by atoms with Gasteiger partial charge in [-0.2, -0.15) is 0 Å². The van der Waals surface area contributed by atoms with Crippen LogP contribution >= 0.6 is 0 Å². The second-order valence-electron chi connectivity index (χ2n) is 5.08. The number of hydrogen-bond donors (Lipinski definition) is 1. The Bertz CT molecular complexity index is 710. The Kier molecular flexibility index (Phi) is 2.88. The van der Waals surface area contributed by atoms with Gasteiger partial charge in [-0.15, -0.1) is 0 Å². The monoisotopic (exact) mass is 251 g/mol. The van der Waals surface area contributed by atoms with Crippen molar-refractivity contribution in [3.05, 3.63) is 71.0 Å². The van der Waals surface area contributed by atoms with E-state index in [-0.39, 0.29) is 6.04 Å². The van der Waals surface area contributed by atoms with E-state index in [2.05, 4.69) is 50.2 Å². The van der Waals surface area contributed by atoms with Crippen LogP contribution in [0.4, 0.5) is 0 Å². The lowest BCUT2D eigenvalue weighted by Crippen LogP contribution is -2.10. The average molecular weight is 251 g/mol. The molecule has 0 saturated carbocycles. The molecule has 1 heterocycles. The molecule has 0 aliphatic heterocycles. The second kappa shape index (κ2) is 4.56. The maximum Gasteiger partial charge on any atom is 0.134 e. The molecule has 1 unspecified atom stereocenters. The fraction of sp³-hybridized carbons (Fsp3) is 0.176. The summed E-state index contributed by atoms with van der Waals surface area (Å²) in [4.78, 5) is 0. The standard InChI is InChI=1S/C17H17NO/c1-11-3-6-13(7-4-11)17(18)16-10-14-8-5-12(2)9-15(14)19-16/h3-10,17H,18H2,1-2H3. The Morgan fingerprint density at radius 1 is 0.895 bits per heavy atom. The van der Waals surface area contributed by atoms with Gasteiger partial charge in [0.1, 0.15) is 11.3 Å². The summed E-state index contributed by atoms with van der Waals surface area (Å²) in [5, 5.41) is 1.10. The highest BCUT2D eigenvalue weighted by atomic mass is 16.3. The van der Waals surface area contributed by atoms with Crippen LogP contribution in [0, 0.1) is 13.8 Å². The molecule has 0 radical (unpaired) electrons. The summed E-state index contributed by atoms with van der Waals surface area (Å²) in [7, 11) is 0. The largest absolute Gasteiger partial charge is 0.459 e. The molecule has 3 rings (SSSR count). The maximum atomic E-state index is 6.27. The van der Waals surface area contributed by atoms with Crippen molar-refractivity contribution in [1.29, 1.82) is 0 Å². The Morgan fingerprint density at radius 2 is 1.58 bits per heavy atom. The van der Waals surface area contributed by atoms with Crippen LogP contribution in [0.1, 0.15) is 28.5 Å². The molecule has 3 aromatic rings. The summed E-state index contributed by atoms with van der Waals surface area (Å²) in [6.07, 6.45) is 0. The minimum absolute atomic E-state index is 0.215. The summed E-state index contributed by atoms with van der Waals surface area (Å²) in [5.74, 6) is 0.810. The molecule has 1 atom stereocenters. The third-order valence-corrected chi connectivity index (χ3v) is 3.44. The molecular weight excluding hydrogens is 234 g/mol. The van der Waals surface area contributed by atoms with Crippen molar-refractivity contribution < 1.29 is 4.42 Å². The van der Waals surface area contributed by atoms with E-state index >= 15 is 0 Å². The zero-order valence-corrected chi connectivity index (χ0v) is 11.2. The predicted octanol–water partition coefficient (Wildman–Crippen LogP) is 4.10. The van der Waals surface area contributed by atoms with Gasteiger partial charge in [0, 0.05) is 5.39 Å². The summed E-state index contributed by atoms with van der Waals surface area (Å²) < 4.78 is 5.87. The van der Waals surface area contributed by atoms with Crippen LogP contribution in [0.15, 0.2) is 52.9 Å². The van der Waals surface area contributed by atoms with Crippen LogP contribution < -0.4 is 5.73 Å². The SMILES string of the molecule is Cc1ccc(C(N)c2cc3ccc(C)cc3o2)cc1. The van der Waals surface area contributed by atoms with E-state index in [1.165, 1.54) is 11.1 Å². The Morgan fingerprint density at radius 3 is 2.32 bits per heavy atom. The summed E-state index contributed by atoms with van der Waals surface area (Å²) in [6.45, 7) is 4.13. The van der Waals surface area contributed by atoms with Crippen molar-refractivity contribution >= 4 is 11.0 Å². The van der Waals surface area contributed by atoms with Gasteiger partial charge in [-0.1, -0.05) is 42.0 Å². The third-order valence-electron chi connectivity index (χ3n) is 3.44.